The number of aromatic amines is 1. The van der Waals surface area contributed by atoms with Crippen LogP contribution in [0, 0.1) is 0 Å². The molecule has 5 heteroatoms. The van der Waals surface area contributed by atoms with Gasteiger partial charge in [-0.2, -0.15) is 5.10 Å². The van der Waals surface area contributed by atoms with E-state index in [1.807, 2.05) is 0 Å². The van der Waals surface area contributed by atoms with E-state index in [2.05, 4.69) is 10.2 Å². The largest absolute Gasteiger partial charge is 0.424 e. The number of carbonyl (C=O) groups excluding carboxylic acids is 1. The molecule has 0 amide bonds. The van der Waals surface area contributed by atoms with Crippen LogP contribution in [-0.4, -0.2) is 16.2 Å². The van der Waals surface area contributed by atoms with Crippen LogP contribution in [0.3, 0.4) is 0 Å². The number of nitrogens with one attached hydrogen (secondary N) is 1. The van der Waals surface area contributed by atoms with Gasteiger partial charge < -0.3 is 4.74 Å². The van der Waals surface area contributed by atoms with Gasteiger partial charge in [0, 0.05) is 13.1 Å². The van der Waals surface area contributed by atoms with Crippen LogP contribution in [0.2, 0.25) is 5.02 Å². The molecule has 0 atom stereocenters. The predicted octanol–water partition coefficient (Wildman–Crippen LogP) is 2.14. The molecule has 0 saturated heterocycles. The third kappa shape index (κ3) is 1.44. The van der Waals surface area contributed by atoms with Crippen LogP contribution >= 0.6 is 11.6 Å². The van der Waals surface area contributed by atoms with Gasteiger partial charge >= 0.3 is 5.97 Å². The summed E-state index contributed by atoms with van der Waals surface area (Å²) in [5.41, 5.74) is 0.714. The van der Waals surface area contributed by atoms with Crippen LogP contribution in [0.5, 0.6) is 5.75 Å². The minimum atomic E-state index is -0.402. The van der Waals surface area contributed by atoms with Gasteiger partial charge in [0.15, 0.2) is 5.75 Å². The van der Waals surface area contributed by atoms with Gasteiger partial charge in [-0.15, -0.1) is 0 Å². The summed E-state index contributed by atoms with van der Waals surface area (Å²) in [6.07, 6.45) is 1.64. The summed E-state index contributed by atoms with van der Waals surface area (Å²) in [4.78, 5) is 10.8. The smallest absolute Gasteiger partial charge is 0.308 e. The maximum absolute atomic E-state index is 10.8. The Hall–Kier alpha value is -1.55. The second-order valence-corrected chi connectivity index (χ2v) is 3.20. The molecule has 72 valence electrons. The Kier molecular flexibility index (Phi) is 2.13. The first-order valence-electron chi connectivity index (χ1n) is 3.99. The Morgan fingerprint density at radius 2 is 2.36 bits per heavy atom. The second kappa shape index (κ2) is 3.31. The van der Waals surface area contributed by atoms with E-state index >= 15 is 0 Å². The number of esters is 1. The fourth-order valence-corrected chi connectivity index (χ4v) is 1.42. The van der Waals surface area contributed by atoms with E-state index in [-0.39, 0.29) is 0 Å². The van der Waals surface area contributed by atoms with Gasteiger partial charge in [0.1, 0.15) is 0 Å². The number of H-pyrrole nitrogens is 1. The van der Waals surface area contributed by atoms with E-state index in [9.17, 15) is 4.79 Å². The number of carbonyl (C=O) groups is 1. The van der Waals surface area contributed by atoms with E-state index in [1.165, 1.54) is 6.92 Å². The molecule has 0 bridgehead atoms. The molecule has 14 heavy (non-hydrogen) atoms. The van der Waals surface area contributed by atoms with Crippen LogP contribution in [-0.2, 0) is 4.79 Å². The van der Waals surface area contributed by atoms with E-state index in [1.54, 1.807) is 18.3 Å². The first-order valence-corrected chi connectivity index (χ1v) is 4.36. The highest BCUT2D eigenvalue weighted by Crippen LogP contribution is 2.32. The highest BCUT2D eigenvalue weighted by molar-refractivity contribution is 6.33. The molecule has 1 aromatic carbocycles. The first kappa shape index (κ1) is 9.02. The van der Waals surface area contributed by atoms with Gasteiger partial charge in [0.2, 0.25) is 0 Å². The van der Waals surface area contributed by atoms with Crippen molar-refractivity contribution in [2.45, 2.75) is 6.92 Å². The second-order valence-electron chi connectivity index (χ2n) is 2.79. The maximum atomic E-state index is 10.8. The average molecular weight is 211 g/mol. The summed E-state index contributed by atoms with van der Waals surface area (Å²) in [6, 6.07) is 3.39. The number of fused-ring (bicyclic) bond motifs is 1. The third-order valence-corrected chi connectivity index (χ3v) is 2.06. The van der Waals surface area contributed by atoms with Crippen LogP contribution in [0.1, 0.15) is 6.92 Å². The normalized spacial score (nSPS) is 10.4. The number of aromatic nitrogens is 2. The van der Waals surface area contributed by atoms with Crippen molar-refractivity contribution in [1.29, 1.82) is 0 Å². The number of benzene rings is 1. The minimum absolute atomic E-state index is 0.352. The summed E-state index contributed by atoms with van der Waals surface area (Å²) < 4.78 is 4.99. The molecule has 0 aliphatic heterocycles. The van der Waals surface area contributed by atoms with Gasteiger partial charge in [-0.3, -0.25) is 9.89 Å². The highest BCUT2D eigenvalue weighted by Gasteiger charge is 2.10. The van der Waals surface area contributed by atoms with Crippen molar-refractivity contribution in [3.63, 3.8) is 0 Å². The molecule has 0 saturated carbocycles. The van der Waals surface area contributed by atoms with Crippen LogP contribution in [0.25, 0.3) is 10.9 Å². The lowest BCUT2D eigenvalue weighted by molar-refractivity contribution is -0.131. The molecular formula is C9H7ClN2O2. The Balaban J connectivity index is 2.64. The standard InChI is InChI=1S/C9H7ClN2O2/c1-5(13)14-9-6-4-11-12-8(6)3-2-7(9)10/h2-4H,1H3,(H,11,12). The molecule has 0 fully saturated rings. The third-order valence-electron chi connectivity index (χ3n) is 1.76. The van der Waals surface area contributed by atoms with Gasteiger partial charge in [0.05, 0.1) is 15.9 Å². The fraction of sp³-hybridized carbons (Fsp3) is 0.111. The van der Waals surface area contributed by atoms with Crippen molar-refractivity contribution in [3.8, 4) is 5.75 Å². The van der Waals surface area contributed by atoms with Crippen molar-refractivity contribution in [3.05, 3.63) is 23.4 Å². The maximum Gasteiger partial charge on any atom is 0.308 e. The average Bonchev–Trinajstić information content (AvgIpc) is 2.57. The van der Waals surface area contributed by atoms with Gasteiger partial charge in [-0.05, 0) is 12.1 Å². The van der Waals surface area contributed by atoms with E-state index in [0.29, 0.717) is 21.7 Å². The van der Waals surface area contributed by atoms with Gasteiger partial charge in [-0.25, -0.2) is 0 Å². The number of hydrogen-bond donors (Lipinski definition) is 1. The highest BCUT2D eigenvalue weighted by atomic mass is 35.5. The molecule has 2 rings (SSSR count). The number of rotatable bonds is 1. The molecule has 1 aromatic heterocycles. The minimum Gasteiger partial charge on any atom is -0.424 e. The summed E-state index contributed by atoms with van der Waals surface area (Å²) in [5, 5.41) is 7.73. The van der Waals surface area contributed by atoms with E-state index in [4.69, 9.17) is 16.3 Å². The molecule has 1 heterocycles. The fourth-order valence-electron chi connectivity index (χ4n) is 1.21. The predicted molar refractivity (Wildman–Crippen MR) is 52.4 cm³/mol. The van der Waals surface area contributed by atoms with E-state index < -0.39 is 5.97 Å². The van der Waals surface area contributed by atoms with Crippen LogP contribution in [0.15, 0.2) is 18.3 Å². The Bertz CT molecular complexity index is 493. The molecule has 0 aliphatic rings. The molecule has 0 radical (unpaired) electrons. The van der Waals surface area contributed by atoms with Crippen molar-refractivity contribution < 1.29 is 9.53 Å². The summed E-state index contributed by atoms with van der Waals surface area (Å²) in [7, 11) is 0. The number of halogens is 1. The Labute approximate surface area is 84.8 Å². The molecule has 0 aliphatic carbocycles. The zero-order valence-corrected chi connectivity index (χ0v) is 8.13. The monoisotopic (exact) mass is 210 g/mol. The molecule has 4 nitrogen and oxygen atoms in total. The zero-order valence-electron chi connectivity index (χ0n) is 7.37. The van der Waals surface area contributed by atoms with Gasteiger partial charge in [0.25, 0.3) is 0 Å². The SMILES string of the molecule is CC(=O)Oc1c(Cl)ccc2n[nH]cc12. The quantitative estimate of drug-likeness (QED) is 0.580. The lowest BCUT2D eigenvalue weighted by Gasteiger charge is -2.03. The number of ether oxygens (including phenoxy) is 1. The van der Waals surface area contributed by atoms with Crippen molar-refractivity contribution >= 4 is 28.5 Å². The molecular weight excluding hydrogens is 204 g/mol. The Morgan fingerprint density at radius 1 is 1.57 bits per heavy atom. The topological polar surface area (TPSA) is 55.0 Å². The van der Waals surface area contributed by atoms with Crippen molar-refractivity contribution in [2.24, 2.45) is 0 Å². The van der Waals surface area contributed by atoms with Crippen molar-refractivity contribution in [2.75, 3.05) is 0 Å². The van der Waals surface area contributed by atoms with Crippen molar-refractivity contribution in [1.82, 2.24) is 10.2 Å². The molecule has 1 N–H and O–H groups in total. The molecule has 0 unspecified atom stereocenters. The number of nitrogens with zero attached hydrogens (tertiary/aromatic N) is 1. The number of hydrogen-bond acceptors (Lipinski definition) is 3. The summed E-state index contributed by atoms with van der Waals surface area (Å²) in [6.45, 7) is 1.33. The zero-order chi connectivity index (χ0) is 10.1. The lowest BCUT2D eigenvalue weighted by Crippen LogP contribution is -2.02. The summed E-state index contributed by atoms with van der Waals surface area (Å²) >= 11 is 5.89. The van der Waals surface area contributed by atoms with Gasteiger partial charge in [-0.1, -0.05) is 11.6 Å². The molecule has 2 aromatic rings. The first-order chi connectivity index (χ1) is 6.68. The lowest BCUT2D eigenvalue weighted by atomic mass is 10.2. The Morgan fingerprint density at radius 3 is 3.07 bits per heavy atom. The van der Waals surface area contributed by atoms with Crippen LogP contribution < -0.4 is 4.74 Å². The van der Waals surface area contributed by atoms with Crippen LogP contribution in [0.4, 0.5) is 0 Å². The molecule has 0 spiro atoms. The summed E-state index contributed by atoms with van der Waals surface area (Å²) in [5.74, 6) is -0.0500. The van der Waals surface area contributed by atoms with E-state index in [0.717, 1.165) is 0 Å².